The molecular formula is C17H19N3O4S2. The number of hydrogen-bond donors (Lipinski definition) is 0. The third-order valence-corrected chi connectivity index (χ3v) is 6.21. The van der Waals surface area contributed by atoms with E-state index in [9.17, 15) is 19.2 Å². The van der Waals surface area contributed by atoms with Crippen LogP contribution in [0.15, 0.2) is 24.3 Å². The number of likely N-dealkylation sites (N-methyl/N-ethyl adjacent to an activating group) is 1. The van der Waals surface area contributed by atoms with Crippen molar-refractivity contribution < 1.29 is 19.2 Å². The molecule has 0 radical (unpaired) electrons. The standard InChI is InChI=1S/C17H19N3O4S2/c1-3-18-14(22)15(26-17(18)24)19(12-6-4-5-11(2)9-12)7-8-20-13(21)10-25-16(20)23/h4-6,9,15H,3,7-8,10H2,1-2H3/t15-/m0/s1. The molecule has 0 aliphatic carbocycles. The molecule has 1 atom stereocenters. The number of imide groups is 2. The summed E-state index contributed by atoms with van der Waals surface area (Å²) in [7, 11) is 0. The third kappa shape index (κ3) is 3.59. The van der Waals surface area contributed by atoms with Crippen LogP contribution in [-0.4, -0.2) is 62.9 Å². The molecule has 3 rings (SSSR count). The van der Waals surface area contributed by atoms with Crippen molar-refractivity contribution in [3.05, 3.63) is 29.8 Å². The fourth-order valence-corrected chi connectivity index (χ4v) is 4.78. The van der Waals surface area contributed by atoms with Gasteiger partial charge in [-0.1, -0.05) is 23.9 Å². The Hall–Kier alpha value is -2.00. The summed E-state index contributed by atoms with van der Waals surface area (Å²) in [5, 5.41) is -1.23. The van der Waals surface area contributed by atoms with Crippen molar-refractivity contribution in [3.63, 3.8) is 0 Å². The number of thioether (sulfide) groups is 2. The van der Waals surface area contributed by atoms with Gasteiger partial charge in [-0.25, -0.2) is 0 Å². The quantitative estimate of drug-likeness (QED) is 0.735. The molecule has 0 spiro atoms. The average Bonchev–Trinajstić information content (AvgIpc) is 3.07. The van der Waals surface area contributed by atoms with E-state index in [1.165, 1.54) is 9.80 Å². The van der Waals surface area contributed by atoms with Gasteiger partial charge in [0.15, 0.2) is 5.37 Å². The van der Waals surface area contributed by atoms with Crippen LogP contribution < -0.4 is 4.90 Å². The second-order valence-corrected chi connectivity index (χ2v) is 7.91. The molecule has 4 amide bonds. The number of hydrogen-bond acceptors (Lipinski definition) is 7. The Kier molecular flexibility index (Phi) is 5.57. The Morgan fingerprint density at radius 1 is 1.15 bits per heavy atom. The Labute approximate surface area is 160 Å². The van der Waals surface area contributed by atoms with E-state index >= 15 is 0 Å². The summed E-state index contributed by atoms with van der Waals surface area (Å²) in [4.78, 5) is 52.7. The molecule has 0 bridgehead atoms. The molecule has 0 unspecified atom stereocenters. The SMILES string of the molecule is CCN1C(=O)S[C@H](N(CCN2C(=O)CSC2=O)c2cccc(C)c2)C1=O. The number of carbonyl (C=O) groups excluding carboxylic acids is 4. The normalized spacial score (nSPS) is 20.5. The number of anilines is 1. The molecule has 1 aromatic carbocycles. The van der Waals surface area contributed by atoms with Crippen molar-refractivity contribution in [2.45, 2.75) is 19.2 Å². The monoisotopic (exact) mass is 393 g/mol. The molecule has 9 heteroatoms. The lowest BCUT2D eigenvalue weighted by Crippen LogP contribution is -2.45. The lowest BCUT2D eigenvalue weighted by Gasteiger charge is -2.30. The van der Waals surface area contributed by atoms with Crippen LogP contribution in [0.4, 0.5) is 15.3 Å². The second-order valence-electron chi connectivity index (χ2n) is 5.95. The predicted molar refractivity (Wildman–Crippen MR) is 102 cm³/mol. The highest BCUT2D eigenvalue weighted by Crippen LogP contribution is 2.33. The molecule has 1 aromatic rings. The first-order valence-corrected chi connectivity index (χ1v) is 10.1. The zero-order chi connectivity index (χ0) is 18.8. The van der Waals surface area contributed by atoms with Crippen molar-refractivity contribution in [2.24, 2.45) is 0 Å². The Morgan fingerprint density at radius 2 is 1.92 bits per heavy atom. The minimum Gasteiger partial charge on any atom is -0.349 e. The summed E-state index contributed by atoms with van der Waals surface area (Å²) in [5.41, 5.74) is 1.80. The molecular weight excluding hydrogens is 374 g/mol. The van der Waals surface area contributed by atoms with Gasteiger partial charge in [0.1, 0.15) is 0 Å². The van der Waals surface area contributed by atoms with E-state index in [2.05, 4.69) is 0 Å². The van der Waals surface area contributed by atoms with Crippen molar-refractivity contribution in [3.8, 4) is 0 Å². The van der Waals surface area contributed by atoms with Gasteiger partial charge in [0.05, 0.1) is 5.75 Å². The van der Waals surface area contributed by atoms with Crippen molar-refractivity contribution in [1.82, 2.24) is 9.80 Å². The molecule has 0 N–H and O–H groups in total. The molecule has 138 valence electrons. The van der Waals surface area contributed by atoms with Gasteiger partial charge >= 0.3 is 0 Å². The Morgan fingerprint density at radius 3 is 2.50 bits per heavy atom. The molecule has 2 fully saturated rings. The fourth-order valence-electron chi connectivity index (χ4n) is 2.91. The highest BCUT2D eigenvalue weighted by Gasteiger charge is 2.43. The molecule has 2 heterocycles. The first-order chi connectivity index (χ1) is 12.4. The van der Waals surface area contributed by atoms with E-state index in [0.717, 1.165) is 34.8 Å². The van der Waals surface area contributed by atoms with E-state index in [1.54, 1.807) is 11.8 Å². The van der Waals surface area contributed by atoms with Crippen LogP contribution in [0.3, 0.4) is 0 Å². The molecule has 7 nitrogen and oxygen atoms in total. The van der Waals surface area contributed by atoms with E-state index in [-0.39, 0.29) is 41.1 Å². The van der Waals surface area contributed by atoms with Gasteiger partial charge in [-0.05, 0) is 43.3 Å². The van der Waals surface area contributed by atoms with Gasteiger partial charge in [0, 0.05) is 25.3 Å². The molecule has 2 aliphatic rings. The summed E-state index contributed by atoms with van der Waals surface area (Å²) >= 11 is 1.95. The van der Waals surface area contributed by atoms with Crippen molar-refractivity contribution in [1.29, 1.82) is 0 Å². The minimum absolute atomic E-state index is 0.155. The third-order valence-electron chi connectivity index (χ3n) is 4.25. The zero-order valence-corrected chi connectivity index (χ0v) is 16.1. The topological polar surface area (TPSA) is 78.0 Å². The maximum atomic E-state index is 12.7. The van der Waals surface area contributed by atoms with Crippen LogP contribution in [0, 0.1) is 6.92 Å². The lowest BCUT2D eigenvalue weighted by molar-refractivity contribution is -0.126. The smallest absolute Gasteiger partial charge is 0.290 e. The summed E-state index contributed by atoms with van der Waals surface area (Å²) in [6, 6.07) is 7.61. The van der Waals surface area contributed by atoms with Gasteiger partial charge in [0.2, 0.25) is 5.91 Å². The maximum Gasteiger partial charge on any atom is 0.290 e. The number of amides is 4. The van der Waals surface area contributed by atoms with Crippen LogP contribution in [-0.2, 0) is 9.59 Å². The number of rotatable bonds is 6. The van der Waals surface area contributed by atoms with Gasteiger partial charge in [-0.15, -0.1) is 0 Å². The van der Waals surface area contributed by atoms with Crippen LogP contribution >= 0.6 is 23.5 Å². The van der Waals surface area contributed by atoms with Crippen LogP contribution in [0.5, 0.6) is 0 Å². The highest BCUT2D eigenvalue weighted by atomic mass is 32.2. The number of aryl methyl sites for hydroxylation is 1. The molecule has 0 aromatic heterocycles. The lowest BCUT2D eigenvalue weighted by atomic mass is 10.2. The Balaban J connectivity index is 1.85. The second kappa shape index (κ2) is 7.71. The Bertz CT molecular complexity index is 754. The van der Waals surface area contributed by atoms with E-state index in [0.29, 0.717) is 6.54 Å². The predicted octanol–water partition coefficient (Wildman–Crippen LogP) is 2.54. The van der Waals surface area contributed by atoms with Crippen molar-refractivity contribution >= 4 is 51.5 Å². The fraction of sp³-hybridized carbons (Fsp3) is 0.412. The minimum atomic E-state index is -0.690. The summed E-state index contributed by atoms with van der Waals surface area (Å²) in [6.45, 7) is 4.50. The van der Waals surface area contributed by atoms with Crippen LogP contribution in [0.2, 0.25) is 0 Å². The van der Waals surface area contributed by atoms with Gasteiger partial charge in [-0.3, -0.25) is 29.0 Å². The largest absolute Gasteiger partial charge is 0.349 e. The number of nitrogens with zero attached hydrogens (tertiary/aromatic N) is 3. The summed E-state index contributed by atoms with van der Waals surface area (Å²) < 4.78 is 0. The first kappa shape index (κ1) is 18.8. The van der Waals surface area contributed by atoms with Crippen LogP contribution in [0.25, 0.3) is 0 Å². The zero-order valence-electron chi connectivity index (χ0n) is 14.5. The number of benzene rings is 1. The summed E-state index contributed by atoms with van der Waals surface area (Å²) in [6.07, 6.45) is 0. The highest BCUT2D eigenvalue weighted by molar-refractivity contribution is 8.15. The van der Waals surface area contributed by atoms with E-state index < -0.39 is 5.37 Å². The van der Waals surface area contributed by atoms with E-state index in [1.807, 2.05) is 31.2 Å². The molecule has 2 aliphatic heterocycles. The van der Waals surface area contributed by atoms with Gasteiger partial charge < -0.3 is 4.90 Å². The summed E-state index contributed by atoms with van der Waals surface area (Å²) in [5.74, 6) is -0.332. The van der Waals surface area contributed by atoms with Gasteiger partial charge in [-0.2, -0.15) is 0 Å². The maximum absolute atomic E-state index is 12.7. The van der Waals surface area contributed by atoms with Crippen molar-refractivity contribution in [2.75, 3.05) is 30.3 Å². The van der Waals surface area contributed by atoms with Gasteiger partial charge in [0.25, 0.3) is 16.4 Å². The number of carbonyl (C=O) groups is 4. The van der Waals surface area contributed by atoms with E-state index in [4.69, 9.17) is 0 Å². The molecule has 26 heavy (non-hydrogen) atoms. The van der Waals surface area contributed by atoms with Crippen LogP contribution in [0.1, 0.15) is 12.5 Å². The first-order valence-electron chi connectivity index (χ1n) is 8.24. The molecule has 0 saturated carbocycles. The average molecular weight is 393 g/mol. The molecule has 2 saturated heterocycles.